The zero-order valence-corrected chi connectivity index (χ0v) is 14.0. The lowest BCUT2D eigenvalue weighted by atomic mass is 10.1. The summed E-state index contributed by atoms with van der Waals surface area (Å²) >= 11 is 0. The molecule has 3 rings (SSSR count). The predicted molar refractivity (Wildman–Crippen MR) is 83.4 cm³/mol. The van der Waals surface area contributed by atoms with Gasteiger partial charge in [-0.15, -0.1) is 0 Å². The summed E-state index contributed by atoms with van der Waals surface area (Å²) in [5.41, 5.74) is 0.338. The van der Waals surface area contributed by atoms with Gasteiger partial charge in [-0.05, 0) is 18.2 Å². The molecule has 0 unspecified atom stereocenters. The van der Waals surface area contributed by atoms with Gasteiger partial charge < -0.3 is 24.3 Å². The van der Waals surface area contributed by atoms with Gasteiger partial charge in [-0.2, -0.15) is 4.31 Å². The van der Waals surface area contributed by atoms with Crippen LogP contribution in [0.1, 0.15) is 10.4 Å². The van der Waals surface area contributed by atoms with E-state index in [1.54, 1.807) is 0 Å². The summed E-state index contributed by atoms with van der Waals surface area (Å²) in [4.78, 5) is 13.3. The summed E-state index contributed by atoms with van der Waals surface area (Å²) in [7, 11) is -3.75. The molecule has 0 bridgehead atoms. The molecule has 0 atom stereocenters. The molecule has 0 saturated carbocycles. The molecule has 24 heavy (non-hydrogen) atoms. The highest BCUT2D eigenvalue weighted by Gasteiger charge is 2.27. The molecule has 2 aliphatic heterocycles. The van der Waals surface area contributed by atoms with Crippen molar-refractivity contribution in [1.82, 2.24) is 4.31 Å². The normalized spacial score (nSPS) is 20.1. The van der Waals surface area contributed by atoms with E-state index in [1.807, 2.05) is 4.90 Å². The Kier molecular flexibility index (Phi) is 5.04. The number of rotatable bonds is 4. The molecular weight excluding hydrogens is 336 g/mol. The number of carboxylic acid groups (broad SMARTS) is 1. The third-order valence-electron chi connectivity index (χ3n) is 4.15. The van der Waals surface area contributed by atoms with Crippen molar-refractivity contribution in [3.8, 4) is 0 Å². The number of hydrogen-bond acceptors (Lipinski definition) is 7. The van der Waals surface area contributed by atoms with Crippen LogP contribution in [0.3, 0.4) is 0 Å². The summed E-state index contributed by atoms with van der Waals surface area (Å²) < 4.78 is 37.1. The van der Waals surface area contributed by atoms with E-state index >= 15 is 0 Å². The lowest BCUT2D eigenvalue weighted by molar-refractivity contribution is -0.255. The van der Waals surface area contributed by atoms with Gasteiger partial charge in [0.2, 0.25) is 10.0 Å². The number of sulfonamides is 1. The first kappa shape index (κ1) is 17.2. The molecule has 2 fully saturated rings. The molecule has 0 aromatic heterocycles. The highest BCUT2D eigenvalue weighted by atomic mass is 32.2. The summed E-state index contributed by atoms with van der Waals surface area (Å²) in [5, 5.41) is 11.5. The molecule has 1 aromatic rings. The second kappa shape index (κ2) is 7.06. The molecule has 1 aromatic carbocycles. The molecule has 0 amide bonds. The Morgan fingerprint density at radius 1 is 1.00 bits per heavy atom. The van der Waals surface area contributed by atoms with Crippen molar-refractivity contribution >= 4 is 21.7 Å². The fourth-order valence-electron chi connectivity index (χ4n) is 2.86. The standard InChI is InChI=1S/C15H20N2O6S/c18-15(19)13-11-12(24(20,21)17-5-9-23-10-6-17)1-2-14(13)16-3-7-22-8-4-16/h1-2,11H,3-10H2,(H,18,19)/p-1. The van der Waals surface area contributed by atoms with Gasteiger partial charge in [0.15, 0.2) is 0 Å². The smallest absolute Gasteiger partial charge is 0.243 e. The van der Waals surface area contributed by atoms with Crippen LogP contribution < -0.4 is 10.0 Å². The monoisotopic (exact) mass is 355 g/mol. The Bertz CT molecular complexity index is 709. The Morgan fingerprint density at radius 2 is 1.58 bits per heavy atom. The number of hydrogen-bond donors (Lipinski definition) is 0. The summed E-state index contributed by atoms with van der Waals surface area (Å²) in [5.74, 6) is -1.39. The zero-order chi connectivity index (χ0) is 17.2. The second-order valence-corrected chi connectivity index (χ2v) is 7.52. The van der Waals surface area contributed by atoms with E-state index in [-0.39, 0.29) is 23.5 Å². The van der Waals surface area contributed by atoms with Crippen molar-refractivity contribution in [2.75, 3.05) is 57.5 Å². The van der Waals surface area contributed by atoms with Crippen molar-refractivity contribution in [2.45, 2.75) is 4.90 Å². The Morgan fingerprint density at radius 3 is 2.17 bits per heavy atom. The topological polar surface area (TPSA) is 99.2 Å². The maximum absolute atomic E-state index is 12.7. The summed E-state index contributed by atoms with van der Waals surface area (Å²) in [6.45, 7) is 3.28. The van der Waals surface area contributed by atoms with Gasteiger partial charge in [0, 0.05) is 37.4 Å². The van der Waals surface area contributed by atoms with Gasteiger partial charge in [-0.25, -0.2) is 8.42 Å². The predicted octanol–water partition coefficient (Wildman–Crippen LogP) is -1.09. The molecule has 0 spiro atoms. The van der Waals surface area contributed by atoms with Crippen LogP contribution in [0, 0.1) is 0 Å². The quantitative estimate of drug-likeness (QED) is 0.676. The third kappa shape index (κ3) is 3.39. The average Bonchev–Trinajstić information content (AvgIpc) is 2.62. The van der Waals surface area contributed by atoms with Crippen molar-refractivity contribution in [1.29, 1.82) is 0 Å². The molecule has 2 saturated heterocycles. The van der Waals surface area contributed by atoms with Crippen LogP contribution >= 0.6 is 0 Å². The molecule has 0 radical (unpaired) electrons. The van der Waals surface area contributed by atoms with Crippen molar-refractivity contribution in [2.24, 2.45) is 0 Å². The van der Waals surface area contributed by atoms with Gasteiger partial charge in [0.25, 0.3) is 0 Å². The van der Waals surface area contributed by atoms with E-state index in [2.05, 4.69) is 0 Å². The molecule has 0 N–H and O–H groups in total. The first-order valence-electron chi connectivity index (χ1n) is 7.76. The molecular formula is C15H19N2O6S-. The van der Waals surface area contributed by atoms with Crippen LogP contribution in [-0.4, -0.2) is 71.3 Å². The molecule has 0 aliphatic carbocycles. The lowest BCUT2D eigenvalue weighted by Crippen LogP contribution is -2.41. The number of ether oxygens (including phenoxy) is 2. The molecule has 9 heteroatoms. The SMILES string of the molecule is O=C([O-])c1cc(S(=O)(=O)N2CCOCC2)ccc1N1CCOCC1. The number of anilines is 1. The number of carbonyl (C=O) groups excluding carboxylic acids is 1. The molecule has 2 heterocycles. The van der Waals surface area contributed by atoms with Gasteiger partial charge in [-0.1, -0.05) is 0 Å². The van der Waals surface area contributed by atoms with Crippen LogP contribution in [0.5, 0.6) is 0 Å². The summed E-state index contributed by atoms with van der Waals surface area (Å²) in [6, 6.07) is 4.16. The third-order valence-corrected chi connectivity index (χ3v) is 6.04. The van der Waals surface area contributed by atoms with Crippen molar-refractivity contribution in [3.05, 3.63) is 23.8 Å². The number of carbonyl (C=O) groups is 1. The van der Waals surface area contributed by atoms with E-state index in [1.165, 1.54) is 22.5 Å². The fraction of sp³-hybridized carbons (Fsp3) is 0.533. The van der Waals surface area contributed by atoms with E-state index in [9.17, 15) is 18.3 Å². The fourth-order valence-corrected chi connectivity index (χ4v) is 4.29. The molecule has 132 valence electrons. The van der Waals surface area contributed by atoms with Crippen LogP contribution in [0.15, 0.2) is 23.1 Å². The van der Waals surface area contributed by atoms with Crippen LogP contribution in [-0.2, 0) is 19.5 Å². The minimum Gasteiger partial charge on any atom is -0.545 e. The highest BCUT2D eigenvalue weighted by molar-refractivity contribution is 7.89. The maximum Gasteiger partial charge on any atom is 0.243 e. The van der Waals surface area contributed by atoms with Crippen LogP contribution in [0.25, 0.3) is 0 Å². The number of aromatic carboxylic acids is 1. The van der Waals surface area contributed by atoms with E-state index in [4.69, 9.17) is 9.47 Å². The Balaban J connectivity index is 1.95. The van der Waals surface area contributed by atoms with E-state index in [0.29, 0.717) is 45.2 Å². The molecule has 8 nitrogen and oxygen atoms in total. The maximum atomic E-state index is 12.7. The van der Waals surface area contributed by atoms with Crippen molar-refractivity contribution < 1.29 is 27.8 Å². The number of carboxylic acids is 1. The lowest BCUT2D eigenvalue weighted by Gasteiger charge is -2.31. The van der Waals surface area contributed by atoms with E-state index in [0.717, 1.165) is 0 Å². The van der Waals surface area contributed by atoms with Gasteiger partial charge >= 0.3 is 0 Å². The van der Waals surface area contributed by atoms with Gasteiger partial charge in [-0.3, -0.25) is 0 Å². The van der Waals surface area contributed by atoms with Gasteiger partial charge in [0.1, 0.15) is 0 Å². The zero-order valence-electron chi connectivity index (χ0n) is 13.1. The number of nitrogens with zero attached hydrogens (tertiary/aromatic N) is 2. The first-order chi connectivity index (χ1) is 11.5. The number of morpholine rings is 2. The minimum atomic E-state index is -3.75. The Hall–Kier alpha value is -1.68. The first-order valence-corrected chi connectivity index (χ1v) is 9.20. The molecule has 2 aliphatic rings. The Labute approximate surface area is 140 Å². The second-order valence-electron chi connectivity index (χ2n) is 5.58. The van der Waals surface area contributed by atoms with Crippen LogP contribution in [0.4, 0.5) is 5.69 Å². The average molecular weight is 355 g/mol. The van der Waals surface area contributed by atoms with Crippen molar-refractivity contribution in [3.63, 3.8) is 0 Å². The van der Waals surface area contributed by atoms with E-state index < -0.39 is 16.0 Å². The number of benzene rings is 1. The van der Waals surface area contributed by atoms with Crippen LogP contribution in [0.2, 0.25) is 0 Å². The minimum absolute atomic E-state index is 0.0411. The van der Waals surface area contributed by atoms with Gasteiger partial charge in [0.05, 0.1) is 37.3 Å². The largest absolute Gasteiger partial charge is 0.545 e. The highest BCUT2D eigenvalue weighted by Crippen LogP contribution is 2.26. The summed E-state index contributed by atoms with van der Waals surface area (Å²) in [6.07, 6.45) is 0.